The van der Waals surface area contributed by atoms with E-state index in [2.05, 4.69) is 11.4 Å². The standard InChI is InChI=1S/C30H40N2O6/c1-5-37-29(35)32-12-10-30(11-13-32,28(33)34)31-24-16-21(3)27(22-14-20(2)15-26(18-22)36-4)23(17-24)19-38-25-8-6-7-9-25/h14-18,25,31H,5-13,19H2,1-4H3,(H,33,34). The highest BCUT2D eigenvalue weighted by molar-refractivity contribution is 5.84. The van der Waals surface area contributed by atoms with E-state index < -0.39 is 17.6 Å². The molecule has 206 valence electrons. The zero-order valence-electron chi connectivity index (χ0n) is 23.0. The number of benzene rings is 2. The molecule has 0 radical (unpaired) electrons. The molecule has 1 aliphatic carbocycles. The first-order valence-corrected chi connectivity index (χ1v) is 13.6. The number of carbonyl (C=O) groups excluding carboxylic acids is 1. The third kappa shape index (κ3) is 6.23. The monoisotopic (exact) mass is 524 g/mol. The van der Waals surface area contributed by atoms with Gasteiger partial charge in [0.15, 0.2) is 0 Å². The van der Waals surface area contributed by atoms with Crippen molar-refractivity contribution in [2.75, 3.05) is 32.1 Å². The van der Waals surface area contributed by atoms with Crippen molar-refractivity contribution in [3.05, 3.63) is 47.0 Å². The number of hydrogen-bond acceptors (Lipinski definition) is 6. The van der Waals surface area contributed by atoms with E-state index in [0.717, 1.165) is 52.1 Å². The molecule has 38 heavy (non-hydrogen) atoms. The number of ether oxygens (including phenoxy) is 3. The Hall–Kier alpha value is -3.26. The van der Waals surface area contributed by atoms with Crippen molar-refractivity contribution in [1.82, 2.24) is 4.90 Å². The zero-order valence-corrected chi connectivity index (χ0v) is 23.0. The summed E-state index contributed by atoms with van der Waals surface area (Å²) in [6, 6.07) is 10.2. The van der Waals surface area contributed by atoms with Crippen molar-refractivity contribution in [3.63, 3.8) is 0 Å². The number of likely N-dealkylation sites (tertiary alicyclic amines) is 1. The van der Waals surface area contributed by atoms with Crippen LogP contribution >= 0.6 is 0 Å². The first kappa shape index (κ1) is 27.8. The van der Waals surface area contributed by atoms with Gasteiger partial charge in [0.2, 0.25) is 0 Å². The van der Waals surface area contributed by atoms with Crippen molar-refractivity contribution in [3.8, 4) is 16.9 Å². The summed E-state index contributed by atoms with van der Waals surface area (Å²) in [5, 5.41) is 13.6. The summed E-state index contributed by atoms with van der Waals surface area (Å²) < 4.78 is 17.0. The lowest BCUT2D eigenvalue weighted by Crippen LogP contribution is -2.55. The van der Waals surface area contributed by atoms with Gasteiger partial charge in [0.25, 0.3) is 0 Å². The minimum absolute atomic E-state index is 0.254. The number of anilines is 1. The Bertz CT molecular complexity index is 1150. The smallest absolute Gasteiger partial charge is 0.409 e. The van der Waals surface area contributed by atoms with Gasteiger partial charge in [-0.3, -0.25) is 0 Å². The van der Waals surface area contributed by atoms with Crippen LogP contribution in [-0.2, 0) is 20.9 Å². The minimum atomic E-state index is -1.17. The maximum absolute atomic E-state index is 12.5. The Morgan fingerprint density at radius 1 is 1.08 bits per heavy atom. The summed E-state index contributed by atoms with van der Waals surface area (Å²) in [5.41, 5.74) is 4.83. The second-order valence-corrected chi connectivity index (χ2v) is 10.5. The van der Waals surface area contributed by atoms with Gasteiger partial charge in [-0.2, -0.15) is 0 Å². The Morgan fingerprint density at radius 3 is 2.42 bits per heavy atom. The van der Waals surface area contributed by atoms with E-state index in [1.165, 1.54) is 12.8 Å². The zero-order chi connectivity index (χ0) is 27.3. The van der Waals surface area contributed by atoms with Crippen LogP contribution < -0.4 is 10.1 Å². The van der Waals surface area contributed by atoms with Crippen LogP contribution in [0.15, 0.2) is 30.3 Å². The van der Waals surface area contributed by atoms with Crippen LogP contribution in [0.1, 0.15) is 62.1 Å². The fraction of sp³-hybridized carbons (Fsp3) is 0.533. The van der Waals surface area contributed by atoms with E-state index in [0.29, 0.717) is 26.3 Å². The lowest BCUT2D eigenvalue weighted by atomic mass is 9.86. The minimum Gasteiger partial charge on any atom is -0.497 e. The van der Waals surface area contributed by atoms with Gasteiger partial charge in [-0.25, -0.2) is 9.59 Å². The summed E-state index contributed by atoms with van der Waals surface area (Å²) in [7, 11) is 1.67. The van der Waals surface area contributed by atoms with Gasteiger partial charge >= 0.3 is 12.1 Å². The van der Waals surface area contributed by atoms with Gasteiger partial charge in [-0.1, -0.05) is 18.9 Å². The van der Waals surface area contributed by atoms with E-state index in [4.69, 9.17) is 14.2 Å². The number of amides is 1. The quantitative estimate of drug-likeness (QED) is 0.420. The van der Waals surface area contributed by atoms with E-state index >= 15 is 0 Å². The van der Waals surface area contributed by atoms with Gasteiger partial charge in [0, 0.05) is 18.8 Å². The molecule has 1 amide bonds. The number of aryl methyl sites for hydroxylation is 2. The lowest BCUT2D eigenvalue weighted by molar-refractivity contribution is -0.144. The second kappa shape index (κ2) is 12.1. The molecule has 0 bridgehead atoms. The Balaban J connectivity index is 1.65. The molecule has 2 fully saturated rings. The predicted octanol–water partition coefficient (Wildman–Crippen LogP) is 5.93. The van der Waals surface area contributed by atoms with E-state index in [1.807, 2.05) is 38.1 Å². The number of piperidine rings is 1. The van der Waals surface area contributed by atoms with Crippen LogP contribution in [0.25, 0.3) is 11.1 Å². The number of aliphatic carboxylic acids is 1. The molecule has 2 N–H and O–H groups in total. The Kier molecular flexibility index (Phi) is 8.82. The van der Waals surface area contributed by atoms with Crippen LogP contribution in [0.4, 0.5) is 10.5 Å². The molecule has 0 atom stereocenters. The third-order valence-corrected chi connectivity index (χ3v) is 7.71. The number of nitrogens with zero attached hydrogens (tertiary/aromatic N) is 1. The Labute approximate surface area is 225 Å². The lowest BCUT2D eigenvalue weighted by Gasteiger charge is -2.39. The average Bonchev–Trinajstić information content (AvgIpc) is 3.41. The number of methoxy groups -OCH3 is 1. The molecule has 0 aromatic heterocycles. The van der Waals surface area contributed by atoms with Crippen molar-refractivity contribution < 1.29 is 28.9 Å². The summed E-state index contributed by atoms with van der Waals surface area (Å²) >= 11 is 0. The van der Waals surface area contributed by atoms with Crippen LogP contribution in [0.2, 0.25) is 0 Å². The highest BCUT2D eigenvalue weighted by Gasteiger charge is 2.43. The number of carbonyl (C=O) groups is 2. The summed E-state index contributed by atoms with van der Waals surface area (Å²) in [6.07, 6.45) is 4.95. The number of rotatable bonds is 9. The normalized spacial score (nSPS) is 17.3. The van der Waals surface area contributed by atoms with Crippen molar-refractivity contribution >= 4 is 17.7 Å². The fourth-order valence-electron chi connectivity index (χ4n) is 5.69. The molecule has 0 spiro atoms. The topological polar surface area (TPSA) is 97.3 Å². The van der Waals surface area contributed by atoms with Crippen molar-refractivity contribution in [2.45, 2.75) is 77.5 Å². The van der Waals surface area contributed by atoms with E-state index in [9.17, 15) is 14.7 Å². The molecule has 8 heteroatoms. The summed E-state index contributed by atoms with van der Waals surface area (Å²) in [4.78, 5) is 26.3. The molecule has 1 aliphatic heterocycles. The maximum atomic E-state index is 12.5. The van der Waals surface area contributed by atoms with Gasteiger partial charge in [0.05, 0.1) is 26.4 Å². The molecule has 4 rings (SSSR count). The average molecular weight is 525 g/mol. The largest absolute Gasteiger partial charge is 0.497 e. The molecular formula is C30H40N2O6. The fourth-order valence-corrected chi connectivity index (χ4v) is 5.69. The number of carboxylic acid groups (broad SMARTS) is 1. The predicted molar refractivity (Wildman–Crippen MR) is 147 cm³/mol. The van der Waals surface area contributed by atoms with E-state index in [1.54, 1.807) is 18.9 Å². The molecule has 1 heterocycles. The molecule has 1 saturated carbocycles. The summed E-state index contributed by atoms with van der Waals surface area (Å²) in [5.74, 6) is -0.127. The van der Waals surface area contributed by atoms with E-state index in [-0.39, 0.29) is 18.9 Å². The van der Waals surface area contributed by atoms with Crippen LogP contribution in [0, 0.1) is 13.8 Å². The first-order valence-electron chi connectivity index (χ1n) is 13.6. The van der Waals surface area contributed by atoms with Crippen molar-refractivity contribution in [2.24, 2.45) is 0 Å². The number of carboxylic acids is 1. The Morgan fingerprint density at radius 2 is 1.79 bits per heavy atom. The molecular weight excluding hydrogens is 484 g/mol. The van der Waals surface area contributed by atoms with Gasteiger partial charge < -0.3 is 29.5 Å². The molecule has 2 aromatic rings. The molecule has 2 aliphatic rings. The maximum Gasteiger partial charge on any atom is 0.409 e. The number of hydrogen-bond donors (Lipinski definition) is 2. The van der Waals surface area contributed by atoms with Crippen molar-refractivity contribution in [1.29, 1.82) is 0 Å². The molecule has 1 saturated heterocycles. The van der Waals surface area contributed by atoms with Crippen LogP contribution in [0.3, 0.4) is 0 Å². The molecule has 8 nitrogen and oxygen atoms in total. The van der Waals surface area contributed by atoms with Gasteiger partial charge in [0.1, 0.15) is 11.3 Å². The SMILES string of the molecule is CCOC(=O)N1CCC(Nc2cc(C)c(-c3cc(C)cc(OC)c3)c(COC3CCCC3)c2)(C(=O)O)CC1. The highest BCUT2D eigenvalue weighted by atomic mass is 16.6. The van der Waals surface area contributed by atoms with Crippen LogP contribution in [-0.4, -0.2) is 60.5 Å². The molecule has 0 unspecified atom stereocenters. The van der Waals surface area contributed by atoms with Crippen LogP contribution in [0.5, 0.6) is 5.75 Å². The highest BCUT2D eigenvalue weighted by Crippen LogP contribution is 2.37. The van der Waals surface area contributed by atoms with Gasteiger partial charge in [-0.05, 0) is 98.5 Å². The molecule has 2 aromatic carbocycles. The first-order chi connectivity index (χ1) is 18.2. The third-order valence-electron chi connectivity index (χ3n) is 7.71. The number of nitrogens with one attached hydrogen (secondary N) is 1. The van der Waals surface area contributed by atoms with Gasteiger partial charge in [-0.15, -0.1) is 0 Å². The summed E-state index contributed by atoms with van der Waals surface area (Å²) in [6.45, 7) is 7.23. The second-order valence-electron chi connectivity index (χ2n) is 10.5.